The molecule has 24 heavy (non-hydrogen) atoms. The molecule has 3 aliphatic rings. The third kappa shape index (κ3) is 5.26. The average molecular weight is 357 g/mol. The minimum atomic E-state index is -0.753. The van der Waals surface area contributed by atoms with E-state index >= 15 is 0 Å². The first kappa shape index (κ1) is 18.8. The first-order valence-corrected chi connectivity index (χ1v) is 11.3. The molecule has 0 spiro atoms. The minimum absolute atomic E-state index is 0.680. The van der Waals surface area contributed by atoms with Crippen LogP contribution in [0.3, 0.4) is 0 Å². The van der Waals surface area contributed by atoms with Crippen molar-refractivity contribution in [3.8, 4) is 0 Å². The van der Waals surface area contributed by atoms with Gasteiger partial charge in [-0.05, 0) is 82.3 Å². The summed E-state index contributed by atoms with van der Waals surface area (Å²) >= 11 is 0. The zero-order valence-electron chi connectivity index (χ0n) is 15.6. The Balaban J connectivity index is 1.22. The molecule has 140 valence electrons. The zero-order valence-corrected chi connectivity index (χ0v) is 16.4. The Kier molecular flexibility index (Phi) is 7.14. The van der Waals surface area contributed by atoms with Crippen molar-refractivity contribution in [1.29, 1.82) is 0 Å². The fourth-order valence-electron chi connectivity index (χ4n) is 4.58. The van der Waals surface area contributed by atoms with Crippen molar-refractivity contribution in [2.45, 2.75) is 45.4 Å². The van der Waals surface area contributed by atoms with Gasteiger partial charge >= 0.3 is 0 Å². The number of hydrogen-bond acceptors (Lipinski definition) is 3. The summed E-state index contributed by atoms with van der Waals surface area (Å²) in [6, 6.07) is 0. The molecule has 0 N–H and O–H groups in total. The fraction of sp³-hybridized carbons (Fsp3) is 1.00. The van der Waals surface area contributed by atoms with Crippen molar-refractivity contribution < 1.29 is 8.95 Å². The number of piperidine rings is 2. The highest BCUT2D eigenvalue weighted by Crippen LogP contribution is 2.49. The topological polar surface area (TPSA) is 32.8 Å². The maximum Gasteiger partial charge on any atom is 0.0939 e. The van der Waals surface area contributed by atoms with Crippen molar-refractivity contribution in [3.05, 3.63) is 0 Å². The van der Waals surface area contributed by atoms with Gasteiger partial charge in [0.15, 0.2) is 0 Å². The summed E-state index contributed by atoms with van der Waals surface area (Å²) in [4.78, 5) is 2.47. The van der Waals surface area contributed by atoms with Gasteiger partial charge in [0.25, 0.3) is 0 Å². The van der Waals surface area contributed by atoms with E-state index in [-0.39, 0.29) is 0 Å². The van der Waals surface area contributed by atoms with Crippen molar-refractivity contribution in [1.82, 2.24) is 9.21 Å². The van der Waals surface area contributed by atoms with Gasteiger partial charge in [-0.3, -0.25) is 0 Å². The second-order valence-corrected chi connectivity index (χ2v) is 9.88. The molecule has 1 aliphatic carbocycles. The largest absolute Gasteiger partial charge is 0.381 e. The summed E-state index contributed by atoms with van der Waals surface area (Å²) in [7, 11) is 1.50. The lowest BCUT2D eigenvalue weighted by Gasteiger charge is -2.30. The molecule has 0 amide bonds. The fourth-order valence-corrected chi connectivity index (χ4v) is 5.57. The van der Waals surface area contributed by atoms with E-state index < -0.39 is 11.0 Å². The summed E-state index contributed by atoms with van der Waals surface area (Å²) in [5, 5.41) is 0. The molecule has 0 radical (unpaired) electrons. The van der Waals surface area contributed by atoms with E-state index in [1.807, 2.05) is 6.92 Å². The van der Waals surface area contributed by atoms with Crippen molar-refractivity contribution >= 4 is 11.0 Å². The Morgan fingerprint density at radius 2 is 1.79 bits per heavy atom. The first-order chi connectivity index (χ1) is 11.7. The predicted octanol–water partition coefficient (Wildman–Crippen LogP) is 2.77. The lowest BCUT2D eigenvalue weighted by molar-refractivity contribution is 0.0747. The molecule has 2 heterocycles. The van der Waals surface area contributed by atoms with Gasteiger partial charge in [0.05, 0.1) is 11.0 Å². The molecule has 0 aromatic rings. The smallest absolute Gasteiger partial charge is 0.0939 e. The van der Waals surface area contributed by atoms with E-state index in [1.54, 1.807) is 0 Å². The van der Waals surface area contributed by atoms with Crippen LogP contribution in [0.5, 0.6) is 0 Å². The molecule has 2 aliphatic heterocycles. The Labute approximate surface area is 150 Å². The summed E-state index contributed by atoms with van der Waals surface area (Å²) in [5.74, 6) is 4.39. The Hall–Kier alpha value is 0.0300. The third-order valence-electron chi connectivity index (χ3n) is 6.44. The van der Waals surface area contributed by atoms with E-state index in [4.69, 9.17) is 4.74 Å². The first-order valence-electron chi connectivity index (χ1n) is 10.1. The quantitative estimate of drug-likeness (QED) is 0.627. The number of likely N-dealkylation sites (tertiary alicyclic amines) is 1. The van der Waals surface area contributed by atoms with Gasteiger partial charge in [-0.15, -0.1) is 0 Å². The van der Waals surface area contributed by atoms with Crippen LogP contribution in [0.25, 0.3) is 0 Å². The van der Waals surface area contributed by atoms with Crippen LogP contribution < -0.4 is 0 Å². The maximum atomic E-state index is 11.8. The molecule has 0 bridgehead atoms. The van der Waals surface area contributed by atoms with Crippen LogP contribution in [0.4, 0.5) is 0 Å². The maximum absolute atomic E-state index is 11.8. The highest BCUT2D eigenvalue weighted by atomic mass is 32.2. The van der Waals surface area contributed by atoms with Gasteiger partial charge in [0, 0.05) is 32.1 Å². The second kappa shape index (κ2) is 9.11. The van der Waals surface area contributed by atoms with Crippen LogP contribution in [-0.2, 0) is 15.7 Å². The number of hydrogen-bond donors (Lipinski definition) is 0. The van der Waals surface area contributed by atoms with Gasteiger partial charge in [-0.25, -0.2) is 8.51 Å². The highest BCUT2D eigenvalue weighted by Gasteiger charge is 2.42. The second-order valence-electron chi connectivity index (χ2n) is 8.15. The van der Waals surface area contributed by atoms with Crippen LogP contribution in [0.1, 0.15) is 45.4 Å². The normalized spacial score (nSPS) is 32.1. The van der Waals surface area contributed by atoms with Crippen LogP contribution >= 0.6 is 0 Å². The van der Waals surface area contributed by atoms with Crippen molar-refractivity contribution in [2.75, 3.05) is 52.2 Å². The SMILES string of the molecule is CCS(=O)N1CCC(COCCC2CC2C2CCN(C)CC2)CC1. The van der Waals surface area contributed by atoms with E-state index in [2.05, 4.69) is 16.3 Å². The zero-order chi connectivity index (χ0) is 16.9. The molecule has 3 rings (SSSR count). The van der Waals surface area contributed by atoms with Gasteiger partial charge in [0.2, 0.25) is 0 Å². The number of nitrogens with zero attached hydrogens (tertiary/aromatic N) is 2. The monoisotopic (exact) mass is 356 g/mol. The third-order valence-corrected chi connectivity index (χ3v) is 7.88. The Morgan fingerprint density at radius 3 is 2.46 bits per heavy atom. The summed E-state index contributed by atoms with van der Waals surface area (Å²) < 4.78 is 19.9. The average Bonchev–Trinajstić information content (AvgIpc) is 3.39. The lowest BCUT2D eigenvalue weighted by atomic mass is 9.91. The van der Waals surface area contributed by atoms with Crippen molar-refractivity contribution in [2.24, 2.45) is 23.7 Å². The van der Waals surface area contributed by atoms with Gasteiger partial charge in [0.1, 0.15) is 0 Å². The molecule has 2 saturated heterocycles. The van der Waals surface area contributed by atoms with Crippen LogP contribution in [0.2, 0.25) is 0 Å². The molecule has 3 unspecified atom stereocenters. The van der Waals surface area contributed by atoms with E-state index in [0.717, 1.165) is 62.7 Å². The van der Waals surface area contributed by atoms with Crippen LogP contribution in [0, 0.1) is 23.7 Å². The molecule has 0 aromatic heterocycles. The van der Waals surface area contributed by atoms with Crippen LogP contribution in [0.15, 0.2) is 0 Å². The number of rotatable bonds is 8. The molecule has 5 heteroatoms. The Morgan fingerprint density at radius 1 is 1.08 bits per heavy atom. The predicted molar refractivity (Wildman–Crippen MR) is 100 cm³/mol. The molecule has 0 aromatic carbocycles. The van der Waals surface area contributed by atoms with Gasteiger partial charge in [-0.1, -0.05) is 6.92 Å². The summed E-state index contributed by atoms with van der Waals surface area (Å²) in [6.45, 7) is 8.43. The van der Waals surface area contributed by atoms with Gasteiger partial charge in [-0.2, -0.15) is 0 Å². The van der Waals surface area contributed by atoms with E-state index in [1.165, 1.54) is 38.8 Å². The molecule has 4 nitrogen and oxygen atoms in total. The summed E-state index contributed by atoms with van der Waals surface area (Å²) in [5.41, 5.74) is 0. The minimum Gasteiger partial charge on any atom is -0.381 e. The lowest BCUT2D eigenvalue weighted by Crippen LogP contribution is -2.37. The highest BCUT2D eigenvalue weighted by molar-refractivity contribution is 7.82. The number of ether oxygens (including phenoxy) is 1. The molecule has 1 saturated carbocycles. The molecule has 3 atom stereocenters. The standard InChI is InChI=1S/C19H36N2O2S/c1-3-24(22)21-11-4-16(5-12-21)15-23-13-8-18-14-19(18)17-6-9-20(2)10-7-17/h16-19H,3-15H2,1-2H3. The Bertz CT molecular complexity index is 404. The van der Waals surface area contributed by atoms with Gasteiger partial charge < -0.3 is 9.64 Å². The van der Waals surface area contributed by atoms with E-state index in [0.29, 0.717) is 5.92 Å². The van der Waals surface area contributed by atoms with Crippen LogP contribution in [-0.4, -0.2) is 65.6 Å². The van der Waals surface area contributed by atoms with Crippen molar-refractivity contribution in [3.63, 3.8) is 0 Å². The molecular weight excluding hydrogens is 320 g/mol. The summed E-state index contributed by atoms with van der Waals surface area (Å²) in [6.07, 6.45) is 7.85. The molecular formula is C19H36N2O2S. The van der Waals surface area contributed by atoms with E-state index in [9.17, 15) is 4.21 Å². The molecule has 3 fully saturated rings.